The second-order valence-corrected chi connectivity index (χ2v) is 12.4. The first-order chi connectivity index (χ1) is 22.7. The Balaban J connectivity index is 1.35. The number of benzene rings is 3. The lowest BCUT2D eigenvalue weighted by atomic mass is 9.98. The van der Waals surface area contributed by atoms with Gasteiger partial charge < -0.3 is 18.8 Å². The smallest absolute Gasteiger partial charge is 0.354 e. The van der Waals surface area contributed by atoms with E-state index in [1.165, 1.54) is 13.2 Å². The summed E-state index contributed by atoms with van der Waals surface area (Å²) >= 11 is 6.94. The van der Waals surface area contributed by atoms with Crippen molar-refractivity contribution >= 4 is 39.2 Å². The standard InChI is InChI=1S/C36H35ClFN5O4/c1-20-32-30(40-39-20)19-46-18-24-17-25(43(3)41-24)9-7-21-14-22-16-23(38)8-10-26(22)31(15-21)47-13-5-6-27-28-11-12-29(37)33(32)34(28)42(2)35(27)36(44)45-4/h8,10-12,14-17H,5-7,9,13,18-19H2,1-4H3,(H,39,40). The topological polar surface area (TPSA) is 96.2 Å². The van der Waals surface area contributed by atoms with Crippen molar-refractivity contribution in [3.8, 4) is 16.9 Å². The zero-order chi connectivity index (χ0) is 32.8. The van der Waals surface area contributed by atoms with Gasteiger partial charge in [0.15, 0.2) is 0 Å². The summed E-state index contributed by atoms with van der Waals surface area (Å²) in [6.07, 6.45) is 2.63. The highest BCUT2D eigenvalue weighted by molar-refractivity contribution is 6.35. The Hall–Kier alpha value is -4.67. The molecule has 0 aliphatic carbocycles. The maximum absolute atomic E-state index is 14.3. The molecule has 1 N–H and O–H groups in total. The molecule has 0 saturated carbocycles. The molecule has 0 radical (unpaired) electrons. The highest BCUT2D eigenvalue weighted by Gasteiger charge is 2.27. The molecule has 242 valence electrons. The lowest BCUT2D eigenvalue weighted by molar-refractivity contribution is 0.0589. The van der Waals surface area contributed by atoms with Gasteiger partial charge in [0.1, 0.15) is 17.3 Å². The summed E-state index contributed by atoms with van der Waals surface area (Å²) < 4.78 is 35.8. The Labute approximate surface area is 276 Å². The van der Waals surface area contributed by atoms with E-state index in [1.807, 2.05) is 54.5 Å². The molecule has 11 heteroatoms. The molecule has 7 rings (SSSR count). The monoisotopic (exact) mass is 655 g/mol. The van der Waals surface area contributed by atoms with Crippen LogP contribution < -0.4 is 4.74 Å². The first-order valence-corrected chi connectivity index (χ1v) is 16.0. The zero-order valence-electron chi connectivity index (χ0n) is 26.7. The molecule has 1 aliphatic rings. The van der Waals surface area contributed by atoms with Crippen LogP contribution in [0.4, 0.5) is 4.39 Å². The second kappa shape index (κ2) is 12.5. The van der Waals surface area contributed by atoms with Crippen LogP contribution >= 0.6 is 11.6 Å². The minimum absolute atomic E-state index is 0.229. The van der Waals surface area contributed by atoms with Crippen LogP contribution in [0.25, 0.3) is 32.8 Å². The van der Waals surface area contributed by atoms with Crippen molar-refractivity contribution in [1.82, 2.24) is 24.5 Å². The summed E-state index contributed by atoms with van der Waals surface area (Å²) in [5.74, 6) is -0.0263. The van der Waals surface area contributed by atoms with E-state index in [0.29, 0.717) is 48.2 Å². The van der Waals surface area contributed by atoms with Gasteiger partial charge in [-0.05, 0) is 85.5 Å². The normalized spacial score (nSPS) is 14.2. The molecule has 3 aromatic heterocycles. The number of hydrogen-bond donors (Lipinski definition) is 1. The SMILES string of the molecule is COC(=O)c1c2c3ccc(Cl)c(c3n1C)-c1c(n[nH]c1C)COCc1cc(n(C)n1)CCc1cc(c3ccc(F)cc3c1)OCCC2. The lowest BCUT2D eigenvalue weighted by Gasteiger charge is -2.13. The lowest BCUT2D eigenvalue weighted by Crippen LogP contribution is -2.11. The number of carbonyl (C=O) groups is 1. The van der Waals surface area contributed by atoms with Crippen molar-refractivity contribution in [1.29, 1.82) is 0 Å². The molecule has 0 spiro atoms. The van der Waals surface area contributed by atoms with E-state index in [2.05, 4.69) is 21.4 Å². The molecule has 4 heterocycles. The molecule has 0 atom stereocenters. The van der Waals surface area contributed by atoms with Gasteiger partial charge in [-0.1, -0.05) is 23.7 Å². The molecule has 0 amide bonds. The number of rotatable bonds is 1. The molecular weight excluding hydrogens is 621 g/mol. The van der Waals surface area contributed by atoms with Crippen LogP contribution in [0.5, 0.6) is 5.75 Å². The van der Waals surface area contributed by atoms with Crippen molar-refractivity contribution in [3.63, 3.8) is 0 Å². The molecule has 0 unspecified atom stereocenters. The van der Waals surface area contributed by atoms with Gasteiger partial charge in [-0.3, -0.25) is 9.78 Å². The predicted molar refractivity (Wildman–Crippen MR) is 178 cm³/mol. The molecule has 9 nitrogen and oxygen atoms in total. The quantitative estimate of drug-likeness (QED) is 0.189. The van der Waals surface area contributed by atoms with E-state index in [9.17, 15) is 9.18 Å². The highest BCUT2D eigenvalue weighted by Crippen LogP contribution is 2.42. The molecule has 47 heavy (non-hydrogen) atoms. The number of ether oxygens (including phenoxy) is 3. The van der Waals surface area contributed by atoms with Crippen LogP contribution in [-0.2, 0) is 56.0 Å². The minimum Gasteiger partial charge on any atom is -0.493 e. The van der Waals surface area contributed by atoms with Crippen LogP contribution in [0.1, 0.15) is 50.8 Å². The van der Waals surface area contributed by atoms with Gasteiger partial charge in [0.05, 0.1) is 48.9 Å². The van der Waals surface area contributed by atoms with Crippen molar-refractivity contribution in [2.75, 3.05) is 13.7 Å². The van der Waals surface area contributed by atoms with Crippen LogP contribution in [0.3, 0.4) is 0 Å². The fourth-order valence-electron chi connectivity index (χ4n) is 6.82. The fourth-order valence-corrected chi connectivity index (χ4v) is 7.07. The highest BCUT2D eigenvalue weighted by atomic mass is 35.5. The largest absolute Gasteiger partial charge is 0.493 e. The third-order valence-electron chi connectivity index (χ3n) is 9.01. The maximum atomic E-state index is 14.3. The van der Waals surface area contributed by atoms with Crippen molar-refractivity contribution in [3.05, 3.63) is 99.0 Å². The van der Waals surface area contributed by atoms with Gasteiger partial charge in [-0.2, -0.15) is 10.2 Å². The summed E-state index contributed by atoms with van der Waals surface area (Å²) in [7, 11) is 5.17. The van der Waals surface area contributed by atoms with E-state index in [4.69, 9.17) is 25.8 Å². The third kappa shape index (κ3) is 5.65. The molecule has 6 aromatic rings. The number of hydrogen-bond acceptors (Lipinski definition) is 6. The first kappa shape index (κ1) is 31.0. The van der Waals surface area contributed by atoms with Gasteiger partial charge in [0, 0.05) is 47.4 Å². The Morgan fingerprint density at radius 1 is 1.02 bits per heavy atom. The van der Waals surface area contributed by atoms with Crippen molar-refractivity contribution in [2.24, 2.45) is 14.1 Å². The molecular formula is C36H35ClFN5O4. The number of H-pyrrole nitrogens is 1. The fraction of sp³-hybridized carbons (Fsp3) is 0.306. The van der Waals surface area contributed by atoms with Crippen LogP contribution in [0.15, 0.2) is 48.5 Å². The van der Waals surface area contributed by atoms with Crippen molar-refractivity contribution in [2.45, 2.75) is 45.8 Å². The number of carbonyl (C=O) groups excluding carboxylic acids is 1. The minimum atomic E-state index is -0.431. The number of methoxy groups -OCH3 is 1. The number of fused-ring (bicyclic) bond motifs is 8. The van der Waals surface area contributed by atoms with Crippen LogP contribution in [0, 0.1) is 12.7 Å². The Kier molecular flexibility index (Phi) is 8.23. The number of nitrogens with one attached hydrogen (secondary N) is 1. The van der Waals surface area contributed by atoms with Crippen molar-refractivity contribution < 1.29 is 23.4 Å². The number of aromatic nitrogens is 5. The van der Waals surface area contributed by atoms with Gasteiger partial charge >= 0.3 is 5.97 Å². The van der Waals surface area contributed by atoms with E-state index >= 15 is 0 Å². The van der Waals surface area contributed by atoms with E-state index in [1.54, 1.807) is 12.1 Å². The molecule has 0 fully saturated rings. The maximum Gasteiger partial charge on any atom is 0.354 e. The average molecular weight is 656 g/mol. The molecule has 3 aromatic carbocycles. The predicted octanol–water partition coefficient (Wildman–Crippen LogP) is 7.17. The Morgan fingerprint density at radius 3 is 2.68 bits per heavy atom. The summed E-state index contributed by atoms with van der Waals surface area (Å²) in [4.78, 5) is 13.2. The summed E-state index contributed by atoms with van der Waals surface area (Å²) in [5, 5.41) is 15.4. The van der Waals surface area contributed by atoms with Gasteiger partial charge in [0.25, 0.3) is 0 Å². The second-order valence-electron chi connectivity index (χ2n) is 12.0. The van der Waals surface area contributed by atoms with E-state index < -0.39 is 5.97 Å². The van der Waals surface area contributed by atoms with Gasteiger partial charge in [-0.25, -0.2) is 9.18 Å². The van der Waals surface area contributed by atoms with Crippen LogP contribution in [-0.4, -0.2) is 44.2 Å². The number of halogens is 2. The summed E-state index contributed by atoms with van der Waals surface area (Å²) in [6.45, 7) is 2.86. The van der Waals surface area contributed by atoms with E-state index in [0.717, 1.165) is 73.9 Å². The average Bonchev–Trinajstić information content (AvgIpc) is 3.69. The summed E-state index contributed by atoms with van der Waals surface area (Å²) in [5.41, 5.74) is 8.17. The Bertz CT molecular complexity index is 2160. The van der Waals surface area contributed by atoms with Gasteiger partial charge in [0.2, 0.25) is 0 Å². The number of aryl methyl sites for hydroxylation is 6. The van der Waals surface area contributed by atoms with Gasteiger partial charge in [-0.15, -0.1) is 0 Å². The number of nitrogens with zero attached hydrogens (tertiary/aromatic N) is 4. The third-order valence-corrected chi connectivity index (χ3v) is 9.33. The number of esters is 1. The molecule has 1 aliphatic heterocycles. The Morgan fingerprint density at radius 2 is 1.85 bits per heavy atom. The molecule has 8 bridgehead atoms. The first-order valence-electron chi connectivity index (χ1n) is 15.6. The summed E-state index contributed by atoms with van der Waals surface area (Å²) in [6, 6.07) is 14.7. The van der Waals surface area contributed by atoms with E-state index in [-0.39, 0.29) is 12.4 Å². The number of aromatic amines is 1. The van der Waals surface area contributed by atoms with Crippen LogP contribution in [0.2, 0.25) is 5.02 Å². The molecule has 0 saturated heterocycles. The zero-order valence-corrected chi connectivity index (χ0v) is 27.5.